The van der Waals surface area contributed by atoms with Gasteiger partial charge in [-0.05, 0) is 30.5 Å². The standard InChI is InChI=1S/C12H14O4/c1-16-10-3-2-8(6-9(10)13)12(4-5-12)7-11(14)15/h2-3,6,13H,4-5,7H2,1H3,(H,14,15). The first kappa shape index (κ1) is 10.8. The van der Waals surface area contributed by atoms with Gasteiger partial charge in [0, 0.05) is 5.41 Å². The monoisotopic (exact) mass is 222 g/mol. The van der Waals surface area contributed by atoms with E-state index in [0.717, 1.165) is 18.4 Å². The lowest BCUT2D eigenvalue weighted by molar-refractivity contribution is -0.137. The van der Waals surface area contributed by atoms with Crippen LogP contribution in [0.5, 0.6) is 11.5 Å². The topological polar surface area (TPSA) is 66.8 Å². The molecule has 0 bridgehead atoms. The Kier molecular flexibility index (Phi) is 2.50. The van der Waals surface area contributed by atoms with E-state index in [4.69, 9.17) is 9.84 Å². The van der Waals surface area contributed by atoms with Crippen LogP contribution in [0.4, 0.5) is 0 Å². The average Bonchev–Trinajstić information content (AvgIpc) is 2.98. The Balaban J connectivity index is 2.28. The van der Waals surface area contributed by atoms with Gasteiger partial charge in [0.05, 0.1) is 13.5 Å². The van der Waals surface area contributed by atoms with Crippen molar-refractivity contribution in [3.63, 3.8) is 0 Å². The summed E-state index contributed by atoms with van der Waals surface area (Å²) in [4.78, 5) is 10.7. The van der Waals surface area contributed by atoms with Crippen molar-refractivity contribution < 1.29 is 19.7 Å². The zero-order valence-corrected chi connectivity index (χ0v) is 9.06. The number of phenolic OH excluding ortho intramolecular Hbond substituents is 1. The van der Waals surface area contributed by atoms with Gasteiger partial charge in [0.2, 0.25) is 0 Å². The van der Waals surface area contributed by atoms with Crippen LogP contribution in [0.2, 0.25) is 0 Å². The summed E-state index contributed by atoms with van der Waals surface area (Å²) in [5.41, 5.74) is 0.614. The van der Waals surface area contributed by atoms with Crippen molar-refractivity contribution in [2.75, 3.05) is 7.11 Å². The number of carbonyl (C=O) groups is 1. The summed E-state index contributed by atoms with van der Waals surface area (Å²) in [7, 11) is 1.48. The molecular weight excluding hydrogens is 208 g/mol. The lowest BCUT2D eigenvalue weighted by atomic mass is 9.92. The highest BCUT2D eigenvalue weighted by Gasteiger charge is 2.46. The van der Waals surface area contributed by atoms with E-state index in [1.807, 2.05) is 6.07 Å². The van der Waals surface area contributed by atoms with Gasteiger partial charge in [-0.25, -0.2) is 0 Å². The lowest BCUT2D eigenvalue weighted by Gasteiger charge is -2.14. The van der Waals surface area contributed by atoms with Crippen molar-refractivity contribution in [1.82, 2.24) is 0 Å². The van der Waals surface area contributed by atoms with Crippen LogP contribution in [0, 0.1) is 0 Å². The summed E-state index contributed by atoms with van der Waals surface area (Å²) in [6.07, 6.45) is 1.86. The molecule has 0 radical (unpaired) electrons. The van der Waals surface area contributed by atoms with E-state index in [9.17, 15) is 9.90 Å². The summed E-state index contributed by atoms with van der Waals surface area (Å²) in [5, 5.41) is 18.5. The normalized spacial score (nSPS) is 16.8. The number of ether oxygens (including phenoxy) is 1. The maximum absolute atomic E-state index is 10.7. The fraction of sp³-hybridized carbons (Fsp3) is 0.417. The van der Waals surface area contributed by atoms with Gasteiger partial charge in [0.15, 0.2) is 11.5 Å². The molecule has 16 heavy (non-hydrogen) atoms. The molecular formula is C12H14O4. The van der Waals surface area contributed by atoms with Crippen LogP contribution in [0.1, 0.15) is 24.8 Å². The fourth-order valence-corrected chi connectivity index (χ4v) is 2.03. The molecule has 4 nitrogen and oxygen atoms in total. The molecule has 0 atom stereocenters. The molecule has 0 heterocycles. The first-order chi connectivity index (χ1) is 7.57. The van der Waals surface area contributed by atoms with Crippen LogP contribution in [-0.4, -0.2) is 23.3 Å². The van der Waals surface area contributed by atoms with Gasteiger partial charge < -0.3 is 14.9 Å². The van der Waals surface area contributed by atoms with Crippen LogP contribution in [-0.2, 0) is 10.2 Å². The fourth-order valence-electron chi connectivity index (χ4n) is 2.03. The quantitative estimate of drug-likeness (QED) is 0.816. The molecule has 0 spiro atoms. The first-order valence-electron chi connectivity index (χ1n) is 5.17. The number of aromatic hydroxyl groups is 1. The third kappa shape index (κ3) is 1.83. The second-order valence-corrected chi connectivity index (χ2v) is 4.24. The first-order valence-corrected chi connectivity index (χ1v) is 5.17. The molecule has 2 rings (SSSR count). The molecule has 1 saturated carbocycles. The van der Waals surface area contributed by atoms with E-state index in [1.165, 1.54) is 7.11 Å². The number of hydrogen-bond acceptors (Lipinski definition) is 3. The number of aliphatic carboxylic acids is 1. The van der Waals surface area contributed by atoms with E-state index in [0.29, 0.717) is 5.75 Å². The average molecular weight is 222 g/mol. The highest BCUT2D eigenvalue weighted by molar-refractivity contribution is 5.70. The van der Waals surface area contributed by atoms with Crippen LogP contribution in [0.15, 0.2) is 18.2 Å². The lowest BCUT2D eigenvalue weighted by Crippen LogP contribution is -2.12. The van der Waals surface area contributed by atoms with Crippen molar-refractivity contribution in [1.29, 1.82) is 0 Å². The van der Waals surface area contributed by atoms with Gasteiger partial charge in [0.25, 0.3) is 0 Å². The van der Waals surface area contributed by atoms with E-state index in [1.54, 1.807) is 12.1 Å². The molecule has 1 aliphatic carbocycles. The minimum Gasteiger partial charge on any atom is -0.504 e. The Bertz CT molecular complexity index is 421. The van der Waals surface area contributed by atoms with Crippen molar-refractivity contribution in [3.8, 4) is 11.5 Å². The Hall–Kier alpha value is -1.71. The summed E-state index contributed by atoms with van der Waals surface area (Å²) < 4.78 is 4.95. The van der Waals surface area contributed by atoms with Gasteiger partial charge in [-0.1, -0.05) is 6.07 Å². The third-order valence-electron chi connectivity index (χ3n) is 3.13. The summed E-state index contributed by atoms with van der Waals surface area (Å²) >= 11 is 0. The number of phenols is 1. The molecule has 0 unspecified atom stereocenters. The molecule has 86 valence electrons. The minimum atomic E-state index is -0.798. The van der Waals surface area contributed by atoms with E-state index in [2.05, 4.69) is 0 Å². The third-order valence-corrected chi connectivity index (χ3v) is 3.13. The van der Waals surface area contributed by atoms with E-state index < -0.39 is 5.97 Å². The van der Waals surface area contributed by atoms with Crippen molar-refractivity contribution >= 4 is 5.97 Å². The van der Waals surface area contributed by atoms with Crippen LogP contribution >= 0.6 is 0 Å². The number of carboxylic acids is 1. The molecule has 1 fully saturated rings. The Morgan fingerprint density at radius 3 is 2.62 bits per heavy atom. The Labute approximate surface area is 93.5 Å². The molecule has 1 aromatic carbocycles. The summed E-state index contributed by atoms with van der Waals surface area (Å²) in [6.45, 7) is 0. The number of hydrogen-bond donors (Lipinski definition) is 2. The Morgan fingerprint density at radius 2 is 2.19 bits per heavy atom. The zero-order chi connectivity index (χ0) is 11.8. The summed E-state index contributed by atoms with van der Waals surface area (Å²) in [5.74, 6) is -0.320. The van der Waals surface area contributed by atoms with Gasteiger partial charge in [-0.2, -0.15) is 0 Å². The molecule has 2 N–H and O–H groups in total. The second-order valence-electron chi connectivity index (χ2n) is 4.24. The SMILES string of the molecule is COc1ccc(C2(CC(=O)O)CC2)cc1O. The van der Waals surface area contributed by atoms with Crippen molar-refractivity contribution in [2.24, 2.45) is 0 Å². The van der Waals surface area contributed by atoms with Gasteiger partial charge >= 0.3 is 5.97 Å². The molecule has 0 amide bonds. The molecule has 1 aliphatic rings. The predicted molar refractivity (Wildman–Crippen MR) is 57.8 cm³/mol. The largest absolute Gasteiger partial charge is 0.504 e. The number of rotatable bonds is 4. The molecule has 0 aliphatic heterocycles. The van der Waals surface area contributed by atoms with E-state index in [-0.39, 0.29) is 17.6 Å². The van der Waals surface area contributed by atoms with Crippen LogP contribution in [0.3, 0.4) is 0 Å². The number of carboxylic acid groups (broad SMARTS) is 1. The zero-order valence-electron chi connectivity index (χ0n) is 9.06. The molecule has 0 saturated heterocycles. The Morgan fingerprint density at radius 1 is 1.50 bits per heavy atom. The molecule has 0 aromatic heterocycles. The maximum Gasteiger partial charge on any atom is 0.304 e. The van der Waals surface area contributed by atoms with Crippen LogP contribution in [0.25, 0.3) is 0 Å². The van der Waals surface area contributed by atoms with Gasteiger partial charge in [0.1, 0.15) is 0 Å². The minimum absolute atomic E-state index is 0.0664. The van der Waals surface area contributed by atoms with Gasteiger partial charge in [-0.15, -0.1) is 0 Å². The second kappa shape index (κ2) is 3.70. The van der Waals surface area contributed by atoms with Gasteiger partial charge in [-0.3, -0.25) is 4.79 Å². The smallest absolute Gasteiger partial charge is 0.304 e. The highest BCUT2D eigenvalue weighted by atomic mass is 16.5. The van der Waals surface area contributed by atoms with Crippen molar-refractivity contribution in [3.05, 3.63) is 23.8 Å². The number of methoxy groups -OCH3 is 1. The maximum atomic E-state index is 10.7. The highest BCUT2D eigenvalue weighted by Crippen LogP contribution is 2.52. The number of benzene rings is 1. The summed E-state index contributed by atoms with van der Waals surface area (Å²) in [6, 6.07) is 5.11. The molecule has 1 aromatic rings. The van der Waals surface area contributed by atoms with Crippen LogP contribution < -0.4 is 4.74 Å². The van der Waals surface area contributed by atoms with E-state index >= 15 is 0 Å². The molecule has 4 heteroatoms. The van der Waals surface area contributed by atoms with Crippen molar-refractivity contribution in [2.45, 2.75) is 24.7 Å². The predicted octanol–water partition coefficient (Wildman–Crippen LogP) is 1.91.